The first-order valence-corrected chi connectivity index (χ1v) is 6.91. The van der Waals surface area contributed by atoms with Crippen LogP contribution in [0.2, 0.25) is 0 Å². The third kappa shape index (κ3) is 3.16. The first-order valence-electron chi connectivity index (χ1n) is 6.12. The van der Waals surface area contributed by atoms with E-state index in [1.807, 2.05) is 6.07 Å². The quantitative estimate of drug-likeness (QED) is 0.864. The summed E-state index contributed by atoms with van der Waals surface area (Å²) in [5.41, 5.74) is 0. The van der Waals surface area contributed by atoms with Gasteiger partial charge in [-0.05, 0) is 34.7 Å². The summed E-state index contributed by atoms with van der Waals surface area (Å²) in [5.74, 6) is 2.47. The minimum Gasteiger partial charge on any atom is -0.396 e. The van der Waals surface area contributed by atoms with Gasteiger partial charge >= 0.3 is 0 Å². The van der Waals surface area contributed by atoms with Crippen molar-refractivity contribution in [2.45, 2.75) is 26.2 Å². The molecule has 1 atom stereocenters. The molecule has 1 aromatic rings. The highest BCUT2D eigenvalue weighted by Crippen LogP contribution is 2.25. The zero-order chi connectivity index (χ0) is 12.3. The van der Waals surface area contributed by atoms with E-state index in [-0.39, 0.29) is 6.61 Å². The van der Waals surface area contributed by atoms with Gasteiger partial charge in [0.2, 0.25) is 0 Å². The molecule has 1 unspecified atom stereocenters. The zero-order valence-electron chi connectivity index (χ0n) is 10.1. The summed E-state index contributed by atoms with van der Waals surface area (Å²) in [7, 11) is 0. The molecule has 1 aromatic heterocycles. The molecule has 2 rings (SSSR count). The number of hydrogen-bond donors (Lipinski definition) is 1. The van der Waals surface area contributed by atoms with Crippen molar-refractivity contribution in [1.29, 1.82) is 0 Å². The minimum atomic E-state index is 0.284. The molecule has 0 saturated carbocycles. The van der Waals surface area contributed by atoms with Gasteiger partial charge in [-0.2, -0.15) is 0 Å². The molecular weight excluding hydrogens is 282 g/mol. The Morgan fingerprint density at radius 2 is 2.35 bits per heavy atom. The predicted molar refractivity (Wildman–Crippen MR) is 71.1 cm³/mol. The highest BCUT2D eigenvalue weighted by molar-refractivity contribution is 9.10. The molecule has 0 aliphatic carbocycles. The van der Waals surface area contributed by atoms with E-state index in [0.29, 0.717) is 5.92 Å². The van der Waals surface area contributed by atoms with Crippen molar-refractivity contribution in [2.24, 2.45) is 5.92 Å². The van der Waals surface area contributed by atoms with E-state index >= 15 is 0 Å². The lowest BCUT2D eigenvalue weighted by molar-refractivity contribution is 0.263. The molecule has 0 radical (unpaired) electrons. The van der Waals surface area contributed by atoms with Crippen LogP contribution < -0.4 is 4.90 Å². The highest BCUT2D eigenvalue weighted by Gasteiger charge is 2.23. The molecule has 1 aliphatic heterocycles. The van der Waals surface area contributed by atoms with Crippen LogP contribution in [0.15, 0.2) is 10.7 Å². The summed E-state index contributed by atoms with van der Waals surface area (Å²) in [4.78, 5) is 11.2. The molecular formula is C12H18BrN3O. The first kappa shape index (κ1) is 12.8. The fourth-order valence-electron chi connectivity index (χ4n) is 2.23. The Bertz CT molecular complexity index is 386. The molecule has 2 heterocycles. The number of nitrogens with zero attached hydrogens (tertiary/aromatic N) is 3. The van der Waals surface area contributed by atoms with Crippen molar-refractivity contribution < 1.29 is 5.11 Å². The second kappa shape index (κ2) is 5.78. The largest absolute Gasteiger partial charge is 0.396 e. The summed E-state index contributed by atoms with van der Waals surface area (Å²) in [6.45, 7) is 4.36. The van der Waals surface area contributed by atoms with Gasteiger partial charge in [-0.15, -0.1) is 0 Å². The number of aliphatic hydroxyl groups is 1. The third-order valence-electron chi connectivity index (χ3n) is 3.19. The molecule has 5 heteroatoms. The van der Waals surface area contributed by atoms with Crippen LogP contribution in [0.4, 0.5) is 5.82 Å². The minimum absolute atomic E-state index is 0.284. The van der Waals surface area contributed by atoms with Crippen molar-refractivity contribution >= 4 is 21.7 Å². The second-order valence-corrected chi connectivity index (χ2v) is 5.24. The zero-order valence-corrected chi connectivity index (χ0v) is 11.7. The Labute approximate surface area is 110 Å². The maximum Gasteiger partial charge on any atom is 0.133 e. The van der Waals surface area contributed by atoms with Crippen LogP contribution in [-0.4, -0.2) is 34.8 Å². The molecule has 0 aromatic carbocycles. The summed E-state index contributed by atoms with van der Waals surface area (Å²) in [5, 5.41) is 8.96. The van der Waals surface area contributed by atoms with Gasteiger partial charge in [0, 0.05) is 32.2 Å². The van der Waals surface area contributed by atoms with Crippen molar-refractivity contribution in [3.8, 4) is 0 Å². The van der Waals surface area contributed by atoms with Gasteiger partial charge in [0.05, 0.1) is 0 Å². The van der Waals surface area contributed by atoms with Crippen molar-refractivity contribution in [2.75, 3.05) is 24.6 Å². The second-order valence-electron chi connectivity index (χ2n) is 4.43. The van der Waals surface area contributed by atoms with Crippen LogP contribution in [0, 0.1) is 5.92 Å². The van der Waals surface area contributed by atoms with Crippen LogP contribution in [-0.2, 0) is 6.42 Å². The molecule has 4 nitrogen and oxygen atoms in total. The van der Waals surface area contributed by atoms with E-state index in [1.165, 1.54) is 0 Å². The number of aryl methyl sites for hydroxylation is 1. The lowest BCUT2D eigenvalue weighted by atomic mass is 10.1. The van der Waals surface area contributed by atoms with E-state index in [9.17, 15) is 0 Å². The third-order valence-corrected chi connectivity index (χ3v) is 3.60. The van der Waals surface area contributed by atoms with Crippen molar-refractivity contribution in [3.63, 3.8) is 0 Å². The van der Waals surface area contributed by atoms with E-state index in [2.05, 4.69) is 37.7 Å². The van der Waals surface area contributed by atoms with Crippen LogP contribution in [0.3, 0.4) is 0 Å². The van der Waals surface area contributed by atoms with Gasteiger partial charge < -0.3 is 10.0 Å². The van der Waals surface area contributed by atoms with Crippen LogP contribution in [0.25, 0.3) is 0 Å². The maximum atomic E-state index is 8.96. The smallest absolute Gasteiger partial charge is 0.133 e. The highest BCUT2D eigenvalue weighted by atomic mass is 79.9. The Hall–Kier alpha value is -0.680. The normalized spacial score (nSPS) is 19.9. The van der Waals surface area contributed by atoms with E-state index < -0.39 is 0 Å². The van der Waals surface area contributed by atoms with Gasteiger partial charge in [-0.3, -0.25) is 0 Å². The lowest BCUT2D eigenvalue weighted by Gasteiger charge is -2.18. The summed E-state index contributed by atoms with van der Waals surface area (Å²) in [6, 6.07) is 1.97. The van der Waals surface area contributed by atoms with Gasteiger partial charge in [0.1, 0.15) is 16.2 Å². The summed E-state index contributed by atoms with van der Waals surface area (Å²) >= 11 is 3.43. The molecule has 1 saturated heterocycles. The van der Waals surface area contributed by atoms with Crippen LogP contribution in [0.1, 0.15) is 25.6 Å². The Morgan fingerprint density at radius 3 is 3.06 bits per heavy atom. The number of aliphatic hydroxyl groups excluding tert-OH is 1. The van der Waals surface area contributed by atoms with E-state index in [0.717, 1.165) is 48.6 Å². The van der Waals surface area contributed by atoms with Gasteiger partial charge in [0.15, 0.2) is 0 Å². The van der Waals surface area contributed by atoms with Gasteiger partial charge in [-0.1, -0.05) is 6.92 Å². The van der Waals surface area contributed by atoms with Gasteiger partial charge in [0.25, 0.3) is 0 Å². The molecule has 94 valence electrons. The fraction of sp³-hybridized carbons (Fsp3) is 0.667. The summed E-state index contributed by atoms with van der Waals surface area (Å²) < 4.78 is 0.852. The van der Waals surface area contributed by atoms with Crippen LogP contribution in [0.5, 0.6) is 0 Å². The molecule has 1 aliphatic rings. The predicted octanol–water partition coefficient (Wildman–Crippen LogP) is 2.01. The number of anilines is 1. The molecule has 1 fully saturated rings. The number of rotatable bonds is 4. The molecule has 0 bridgehead atoms. The average Bonchev–Trinajstić information content (AvgIpc) is 2.77. The van der Waals surface area contributed by atoms with E-state index in [1.54, 1.807) is 0 Å². The number of aromatic nitrogens is 2. The van der Waals surface area contributed by atoms with Gasteiger partial charge in [-0.25, -0.2) is 9.97 Å². The lowest BCUT2D eigenvalue weighted by Crippen LogP contribution is -2.21. The Kier molecular flexibility index (Phi) is 4.34. The first-order chi connectivity index (χ1) is 8.22. The number of halogens is 1. The topological polar surface area (TPSA) is 49.2 Å². The maximum absolute atomic E-state index is 8.96. The average molecular weight is 300 g/mol. The monoisotopic (exact) mass is 299 g/mol. The number of hydrogen-bond acceptors (Lipinski definition) is 4. The SMILES string of the molecule is CCc1nc(Br)cc(N2CCC(CCO)C2)n1. The van der Waals surface area contributed by atoms with Crippen molar-refractivity contribution in [1.82, 2.24) is 9.97 Å². The Morgan fingerprint density at radius 1 is 1.53 bits per heavy atom. The molecule has 1 N–H and O–H groups in total. The van der Waals surface area contributed by atoms with Crippen molar-refractivity contribution in [3.05, 3.63) is 16.5 Å². The Balaban J connectivity index is 2.10. The molecule has 0 spiro atoms. The molecule has 17 heavy (non-hydrogen) atoms. The van der Waals surface area contributed by atoms with E-state index in [4.69, 9.17) is 5.11 Å². The summed E-state index contributed by atoms with van der Waals surface area (Å²) in [6.07, 6.45) is 2.88. The molecule has 0 amide bonds. The van der Waals surface area contributed by atoms with Crippen LogP contribution >= 0.6 is 15.9 Å². The fourth-order valence-corrected chi connectivity index (χ4v) is 2.64. The standard InChI is InChI=1S/C12H18BrN3O/c1-2-11-14-10(13)7-12(15-11)16-5-3-9(8-16)4-6-17/h7,9,17H,2-6,8H2,1H3.